The van der Waals surface area contributed by atoms with Crippen molar-refractivity contribution >= 4 is 11.1 Å². The molecule has 0 amide bonds. The zero-order valence-electron chi connectivity index (χ0n) is 19.5. The SMILES string of the molecule is COc1ccc(/C(C)=C\OCCOCCOCCO/C=C(/C)c2ccc(OC)cc2)cc1. The van der Waals surface area contributed by atoms with Crippen LogP contribution < -0.4 is 9.47 Å². The van der Waals surface area contributed by atoms with E-state index in [-0.39, 0.29) is 0 Å². The van der Waals surface area contributed by atoms with Crippen LogP contribution >= 0.6 is 0 Å². The zero-order chi connectivity index (χ0) is 23.0. The molecule has 6 heteroatoms. The Labute approximate surface area is 191 Å². The van der Waals surface area contributed by atoms with Gasteiger partial charge < -0.3 is 28.4 Å². The van der Waals surface area contributed by atoms with Crippen molar-refractivity contribution in [1.29, 1.82) is 0 Å². The Balaban J connectivity index is 1.47. The lowest BCUT2D eigenvalue weighted by atomic mass is 10.1. The molecule has 0 aliphatic carbocycles. The quantitative estimate of drug-likeness (QED) is 0.279. The van der Waals surface area contributed by atoms with E-state index in [1.165, 1.54) is 0 Å². The van der Waals surface area contributed by atoms with Crippen molar-refractivity contribution in [3.63, 3.8) is 0 Å². The van der Waals surface area contributed by atoms with E-state index in [2.05, 4.69) is 0 Å². The molecule has 2 rings (SSSR count). The summed E-state index contributed by atoms with van der Waals surface area (Å²) in [6, 6.07) is 15.7. The molecule has 0 aliphatic heterocycles. The van der Waals surface area contributed by atoms with Gasteiger partial charge in [0.2, 0.25) is 0 Å². The van der Waals surface area contributed by atoms with Gasteiger partial charge in [-0.1, -0.05) is 24.3 Å². The van der Waals surface area contributed by atoms with Crippen LogP contribution in [0.3, 0.4) is 0 Å². The van der Waals surface area contributed by atoms with E-state index in [1.807, 2.05) is 62.4 Å². The summed E-state index contributed by atoms with van der Waals surface area (Å²) in [6.07, 6.45) is 3.50. The third-order valence-electron chi connectivity index (χ3n) is 4.67. The molecule has 0 aromatic heterocycles. The Morgan fingerprint density at radius 2 is 0.906 bits per heavy atom. The maximum atomic E-state index is 5.55. The lowest BCUT2D eigenvalue weighted by Crippen LogP contribution is -2.10. The number of rotatable bonds is 15. The second-order valence-corrected chi connectivity index (χ2v) is 7.03. The molecule has 2 aromatic carbocycles. The van der Waals surface area contributed by atoms with Gasteiger partial charge in [0, 0.05) is 0 Å². The summed E-state index contributed by atoms with van der Waals surface area (Å²) in [6.45, 7) is 7.05. The van der Waals surface area contributed by atoms with Gasteiger partial charge in [0.15, 0.2) is 0 Å². The van der Waals surface area contributed by atoms with Crippen molar-refractivity contribution in [3.8, 4) is 11.5 Å². The molecular weight excluding hydrogens is 408 g/mol. The van der Waals surface area contributed by atoms with Crippen LogP contribution in [0.5, 0.6) is 11.5 Å². The van der Waals surface area contributed by atoms with Gasteiger partial charge >= 0.3 is 0 Å². The lowest BCUT2D eigenvalue weighted by Gasteiger charge is -2.08. The van der Waals surface area contributed by atoms with Crippen molar-refractivity contribution in [2.45, 2.75) is 13.8 Å². The fourth-order valence-corrected chi connectivity index (χ4v) is 2.75. The fraction of sp³-hybridized carbons (Fsp3) is 0.385. The van der Waals surface area contributed by atoms with E-state index in [0.717, 1.165) is 33.8 Å². The molecule has 0 fully saturated rings. The van der Waals surface area contributed by atoms with E-state index in [0.29, 0.717) is 39.6 Å². The zero-order valence-corrected chi connectivity index (χ0v) is 19.5. The van der Waals surface area contributed by atoms with Crippen molar-refractivity contribution in [2.24, 2.45) is 0 Å². The van der Waals surface area contributed by atoms with Gasteiger partial charge in [-0.15, -0.1) is 0 Å². The summed E-state index contributed by atoms with van der Waals surface area (Å²) in [7, 11) is 3.31. The molecule has 0 heterocycles. The van der Waals surface area contributed by atoms with Crippen LogP contribution in [0.15, 0.2) is 61.1 Å². The number of benzene rings is 2. The van der Waals surface area contributed by atoms with E-state index < -0.39 is 0 Å². The molecule has 2 aromatic rings. The molecule has 6 nitrogen and oxygen atoms in total. The molecular formula is C26H34O6. The fourth-order valence-electron chi connectivity index (χ4n) is 2.75. The molecule has 0 atom stereocenters. The highest BCUT2D eigenvalue weighted by Crippen LogP contribution is 2.19. The lowest BCUT2D eigenvalue weighted by molar-refractivity contribution is 0.0187. The first-order valence-electron chi connectivity index (χ1n) is 10.6. The highest BCUT2D eigenvalue weighted by Gasteiger charge is 1.99. The van der Waals surface area contributed by atoms with Crippen molar-refractivity contribution in [3.05, 3.63) is 72.2 Å². The summed E-state index contributed by atoms with van der Waals surface area (Å²) in [5.74, 6) is 1.68. The van der Waals surface area contributed by atoms with Crippen LogP contribution in [0.4, 0.5) is 0 Å². The van der Waals surface area contributed by atoms with E-state index in [1.54, 1.807) is 26.7 Å². The topological polar surface area (TPSA) is 55.4 Å². The van der Waals surface area contributed by atoms with Gasteiger partial charge in [0.05, 0.1) is 53.2 Å². The minimum absolute atomic E-state index is 0.492. The monoisotopic (exact) mass is 442 g/mol. The first-order valence-corrected chi connectivity index (χ1v) is 10.6. The number of hydrogen-bond donors (Lipinski definition) is 0. The summed E-state index contributed by atoms with van der Waals surface area (Å²) < 4.78 is 32.4. The van der Waals surface area contributed by atoms with Gasteiger partial charge in [-0.3, -0.25) is 0 Å². The molecule has 0 unspecified atom stereocenters. The predicted octanol–water partition coefficient (Wildman–Crippen LogP) is 5.19. The summed E-state index contributed by atoms with van der Waals surface area (Å²) in [5.41, 5.74) is 4.28. The van der Waals surface area contributed by atoms with Gasteiger partial charge in [0.25, 0.3) is 0 Å². The summed E-state index contributed by atoms with van der Waals surface area (Å²) >= 11 is 0. The Morgan fingerprint density at radius 1 is 0.562 bits per heavy atom. The standard InChI is InChI=1S/C26H34O6/c1-21(23-5-9-25(27-3)10-6-23)19-31-17-15-29-13-14-30-16-18-32-20-22(2)24-7-11-26(28-4)12-8-24/h5-12,19-20H,13-18H2,1-4H3/b21-19-,22-20-. The van der Waals surface area contributed by atoms with E-state index in [9.17, 15) is 0 Å². The molecule has 0 bridgehead atoms. The van der Waals surface area contributed by atoms with Crippen LogP contribution in [0, 0.1) is 0 Å². The van der Waals surface area contributed by atoms with Crippen LogP contribution in [0.2, 0.25) is 0 Å². The molecule has 0 saturated heterocycles. The first kappa shape index (κ1) is 25.3. The molecule has 0 aliphatic rings. The second-order valence-electron chi connectivity index (χ2n) is 7.03. The van der Waals surface area contributed by atoms with Gasteiger partial charge in [-0.25, -0.2) is 0 Å². The Kier molecular flexibility index (Phi) is 11.8. The number of allylic oxidation sites excluding steroid dienone is 2. The molecule has 0 N–H and O–H groups in total. The molecule has 0 radical (unpaired) electrons. The normalized spacial score (nSPS) is 11.9. The third kappa shape index (κ3) is 9.45. The average Bonchev–Trinajstić information content (AvgIpc) is 2.84. The number of ether oxygens (including phenoxy) is 6. The molecule has 0 saturated carbocycles. The minimum atomic E-state index is 0.492. The highest BCUT2D eigenvalue weighted by molar-refractivity contribution is 5.63. The Morgan fingerprint density at radius 3 is 1.25 bits per heavy atom. The highest BCUT2D eigenvalue weighted by atomic mass is 16.6. The second kappa shape index (κ2) is 14.9. The third-order valence-corrected chi connectivity index (χ3v) is 4.67. The molecule has 174 valence electrons. The van der Waals surface area contributed by atoms with E-state index >= 15 is 0 Å². The average molecular weight is 443 g/mol. The van der Waals surface area contributed by atoms with E-state index in [4.69, 9.17) is 28.4 Å². The smallest absolute Gasteiger partial charge is 0.118 e. The first-order chi connectivity index (χ1) is 15.6. The van der Waals surface area contributed by atoms with Crippen molar-refractivity contribution in [2.75, 3.05) is 53.9 Å². The largest absolute Gasteiger partial charge is 0.498 e. The maximum absolute atomic E-state index is 5.55. The Hall–Kier alpha value is -2.96. The van der Waals surface area contributed by atoms with Crippen LogP contribution in [0.25, 0.3) is 11.1 Å². The van der Waals surface area contributed by atoms with Gasteiger partial charge in [-0.05, 0) is 60.4 Å². The van der Waals surface area contributed by atoms with Crippen LogP contribution in [0.1, 0.15) is 25.0 Å². The minimum Gasteiger partial charge on any atom is -0.498 e. The van der Waals surface area contributed by atoms with Crippen LogP contribution in [-0.2, 0) is 18.9 Å². The van der Waals surface area contributed by atoms with Crippen molar-refractivity contribution in [1.82, 2.24) is 0 Å². The Bertz CT molecular complexity index is 753. The molecule has 32 heavy (non-hydrogen) atoms. The van der Waals surface area contributed by atoms with Gasteiger partial charge in [0.1, 0.15) is 24.7 Å². The maximum Gasteiger partial charge on any atom is 0.118 e. The summed E-state index contributed by atoms with van der Waals surface area (Å²) in [4.78, 5) is 0. The molecule has 0 spiro atoms. The number of methoxy groups -OCH3 is 2. The van der Waals surface area contributed by atoms with Crippen LogP contribution in [-0.4, -0.2) is 53.9 Å². The van der Waals surface area contributed by atoms with Crippen molar-refractivity contribution < 1.29 is 28.4 Å². The van der Waals surface area contributed by atoms with Gasteiger partial charge in [-0.2, -0.15) is 0 Å². The predicted molar refractivity (Wildman–Crippen MR) is 127 cm³/mol. The summed E-state index contributed by atoms with van der Waals surface area (Å²) in [5, 5.41) is 0. The number of hydrogen-bond acceptors (Lipinski definition) is 6.